The van der Waals surface area contributed by atoms with Crippen LogP contribution >= 0.6 is 0 Å². The van der Waals surface area contributed by atoms with Crippen molar-refractivity contribution in [3.8, 4) is 5.75 Å². The predicted molar refractivity (Wildman–Crippen MR) is 125 cm³/mol. The summed E-state index contributed by atoms with van der Waals surface area (Å²) in [5.41, 5.74) is 9.70. The fourth-order valence-electron chi connectivity index (χ4n) is 5.92. The number of nitrogens with two attached hydrogens (primary N) is 1. The molecule has 1 saturated carbocycles. The zero-order valence-corrected chi connectivity index (χ0v) is 18.9. The maximum absolute atomic E-state index is 6.65. The zero-order valence-electron chi connectivity index (χ0n) is 18.9. The first-order chi connectivity index (χ1) is 14.5. The Morgan fingerprint density at radius 2 is 1.90 bits per heavy atom. The lowest BCUT2D eigenvalue weighted by Crippen LogP contribution is -2.60. The van der Waals surface area contributed by atoms with Crippen molar-refractivity contribution in [1.82, 2.24) is 4.90 Å². The SMILES string of the molecule is CC(C)Oc1cccc([C@@]23C[C@H](N)C[C@@H](C2)N(CCCc2ccccc2)C[C@H]3C)c1. The van der Waals surface area contributed by atoms with Crippen molar-refractivity contribution < 1.29 is 4.74 Å². The Morgan fingerprint density at radius 3 is 2.67 bits per heavy atom. The molecule has 2 aromatic rings. The Hall–Kier alpha value is -1.84. The summed E-state index contributed by atoms with van der Waals surface area (Å²) in [5, 5.41) is 0. The maximum Gasteiger partial charge on any atom is 0.119 e. The minimum absolute atomic E-state index is 0.175. The van der Waals surface area contributed by atoms with Gasteiger partial charge in [-0.2, -0.15) is 0 Å². The van der Waals surface area contributed by atoms with E-state index in [2.05, 4.69) is 80.3 Å². The minimum atomic E-state index is 0.175. The van der Waals surface area contributed by atoms with Gasteiger partial charge in [-0.3, -0.25) is 4.90 Å². The normalized spacial score (nSPS) is 29.2. The molecule has 0 amide bonds. The lowest BCUT2D eigenvalue weighted by atomic mass is 9.57. The van der Waals surface area contributed by atoms with Crippen molar-refractivity contribution in [3.63, 3.8) is 0 Å². The first-order valence-corrected chi connectivity index (χ1v) is 11.8. The smallest absolute Gasteiger partial charge is 0.119 e. The number of likely N-dealkylation sites (tertiary alicyclic amines) is 1. The average Bonchev–Trinajstić information content (AvgIpc) is 2.72. The molecular weight excluding hydrogens is 368 g/mol. The van der Waals surface area contributed by atoms with Crippen molar-refractivity contribution in [2.75, 3.05) is 13.1 Å². The molecule has 2 N–H and O–H groups in total. The van der Waals surface area contributed by atoms with E-state index in [-0.39, 0.29) is 17.6 Å². The summed E-state index contributed by atoms with van der Waals surface area (Å²) in [5.74, 6) is 1.58. The monoisotopic (exact) mass is 406 g/mol. The van der Waals surface area contributed by atoms with Gasteiger partial charge in [0.15, 0.2) is 0 Å². The fourth-order valence-corrected chi connectivity index (χ4v) is 5.92. The van der Waals surface area contributed by atoms with Crippen LogP contribution in [0.4, 0.5) is 0 Å². The Kier molecular flexibility index (Phi) is 6.50. The quantitative estimate of drug-likeness (QED) is 0.689. The molecule has 3 nitrogen and oxygen atoms in total. The topological polar surface area (TPSA) is 38.5 Å². The predicted octanol–water partition coefficient (Wildman–Crippen LogP) is 5.18. The van der Waals surface area contributed by atoms with Crippen LogP contribution in [0.2, 0.25) is 0 Å². The van der Waals surface area contributed by atoms with Gasteiger partial charge in [0.2, 0.25) is 0 Å². The number of rotatable bonds is 7. The number of fused-ring (bicyclic) bond motifs is 2. The first-order valence-electron chi connectivity index (χ1n) is 11.8. The van der Waals surface area contributed by atoms with Gasteiger partial charge in [-0.1, -0.05) is 49.4 Å². The lowest BCUT2D eigenvalue weighted by molar-refractivity contribution is 0.00187. The Labute approximate surface area is 182 Å². The molecule has 2 aromatic carbocycles. The third-order valence-electron chi connectivity index (χ3n) is 7.30. The standard InChI is InChI=1S/C27H38N2O/c1-20(2)30-26-13-7-12-23(15-26)27-17-24(28)16-25(18-27)29(19-21(27)3)14-8-11-22-9-5-4-6-10-22/h4-7,9-10,12-13,15,20-21,24-25H,8,11,14,16-19,28H2,1-3H3/t21-,24-,25+,27+/m1/s1. The van der Waals surface area contributed by atoms with Gasteiger partial charge < -0.3 is 10.5 Å². The molecule has 1 saturated heterocycles. The summed E-state index contributed by atoms with van der Waals surface area (Å²) in [6.45, 7) is 8.96. The third kappa shape index (κ3) is 4.58. The van der Waals surface area contributed by atoms with Gasteiger partial charge in [0.25, 0.3) is 0 Å². The van der Waals surface area contributed by atoms with Crippen LogP contribution in [0, 0.1) is 5.92 Å². The second-order valence-electron chi connectivity index (χ2n) is 9.89. The number of nitrogens with zero attached hydrogens (tertiary/aromatic N) is 1. The molecule has 3 heteroatoms. The van der Waals surface area contributed by atoms with Crippen LogP contribution < -0.4 is 10.5 Å². The number of ether oxygens (including phenoxy) is 1. The first kappa shape index (κ1) is 21.4. The number of piperidine rings is 1. The minimum Gasteiger partial charge on any atom is -0.491 e. The Balaban J connectivity index is 1.49. The maximum atomic E-state index is 6.65. The molecule has 2 bridgehead atoms. The van der Waals surface area contributed by atoms with Crippen LogP contribution in [0.15, 0.2) is 54.6 Å². The van der Waals surface area contributed by atoms with Crippen LogP contribution in [-0.4, -0.2) is 36.2 Å². The summed E-state index contributed by atoms with van der Waals surface area (Å²) < 4.78 is 6.02. The molecule has 0 radical (unpaired) electrons. The largest absolute Gasteiger partial charge is 0.491 e. The Bertz CT molecular complexity index is 821. The number of benzene rings is 2. The summed E-state index contributed by atoms with van der Waals surface area (Å²) in [4.78, 5) is 2.74. The molecule has 0 aromatic heterocycles. The van der Waals surface area contributed by atoms with E-state index in [1.165, 1.54) is 37.1 Å². The molecule has 4 rings (SSSR count). The van der Waals surface area contributed by atoms with Crippen LogP contribution in [-0.2, 0) is 11.8 Å². The summed E-state index contributed by atoms with van der Waals surface area (Å²) in [6.07, 6.45) is 6.01. The summed E-state index contributed by atoms with van der Waals surface area (Å²) in [7, 11) is 0. The van der Waals surface area contributed by atoms with Gasteiger partial charge in [-0.25, -0.2) is 0 Å². The van der Waals surface area contributed by atoms with Crippen molar-refractivity contribution in [2.24, 2.45) is 11.7 Å². The van der Waals surface area contributed by atoms with Gasteiger partial charge in [0.05, 0.1) is 6.10 Å². The number of hydrogen-bond donors (Lipinski definition) is 1. The van der Waals surface area contributed by atoms with Crippen molar-refractivity contribution in [3.05, 3.63) is 65.7 Å². The van der Waals surface area contributed by atoms with E-state index in [0.717, 1.165) is 25.0 Å². The zero-order chi connectivity index (χ0) is 21.1. The highest BCUT2D eigenvalue weighted by Gasteiger charge is 2.50. The molecule has 30 heavy (non-hydrogen) atoms. The van der Waals surface area contributed by atoms with Gasteiger partial charge >= 0.3 is 0 Å². The molecule has 0 spiro atoms. The van der Waals surface area contributed by atoms with Crippen LogP contribution in [0.1, 0.15) is 57.6 Å². The van der Waals surface area contributed by atoms with E-state index >= 15 is 0 Å². The van der Waals surface area contributed by atoms with Crippen LogP contribution in [0.3, 0.4) is 0 Å². The van der Waals surface area contributed by atoms with Crippen molar-refractivity contribution >= 4 is 0 Å². The molecule has 1 heterocycles. The molecule has 162 valence electrons. The highest BCUT2D eigenvalue weighted by molar-refractivity contribution is 5.36. The Morgan fingerprint density at radius 1 is 1.10 bits per heavy atom. The van der Waals surface area contributed by atoms with E-state index < -0.39 is 0 Å². The van der Waals surface area contributed by atoms with Crippen LogP contribution in [0.5, 0.6) is 5.75 Å². The highest BCUT2D eigenvalue weighted by atomic mass is 16.5. The molecule has 0 unspecified atom stereocenters. The van der Waals surface area contributed by atoms with E-state index in [4.69, 9.17) is 10.5 Å². The van der Waals surface area contributed by atoms with E-state index in [9.17, 15) is 0 Å². The molecule has 4 atom stereocenters. The van der Waals surface area contributed by atoms with E-state index in [0.29, 0.717) is 12.0 Å². The second-order valence-corrected chi connectivity index (χ2v) is 9.89. The molecule has 1 aliphatic carbocycles. The van der Waals surface area contributed by atoms with Gasteiger partial charge in [-0.05, 0) is 81.7 Å². The van der Waals surface area contributed by atoms with Crippen LogP contribution in [0.25, 0.3) is 0 Å². The van der Waals surface area contributed by atoms with Gasteiger partial charge in [0.1, 0.15) is 5.75 Å². The summed E-state index contributed by atoms with van der Waals surface area (Å²) in [6, 6.07) is 20.6. The lowest BCUT2D eigenvalue weighted by Gasteiger charge is -2.56. The van der Waals surface area contributed by atoms with Crippen molar-refractivity contribution in [2.45, 2.75) is 76.5 Å². The second kappa shape index (κ2) is 9.11. The number of hydrogen-bond acceptors (Lipinski definition) is 3. The highest BCUT2D eigenvalue weighted by Crippen LogP contribution is 2.50. The van der Waals surface area contributed by atoms with Gasteiger partial charge in [-0.15, -0.1) is 0 Å². The third-order valence-corrected chi connectivity index (χ3v) is 7.30. The fraction of sp³-hybridized carbons (Fsp3) is 0.556. The molecular formula is C27H38N2O. The van der Waals surface area contributed by atoms with E-state index in [1.54, 1.807) is 0 Å². The van der Waals surface area contributed by atoms with Gasteiger partial charge in [0, 0.05) is 24.0 Å². The average molecular weight is 407 g/mol. The van der Waals surface area contributed by atoms with Crippen molar-refractivity contribution in [1.29, 1.82) is 0 Å². The van der Waals surface area contributed by atoms with E-state index in [1.807, 2.05) is 0 Å². The molecule has 1 aliphatic heterocycles. The summed E-state index contributed by atoms with van der Waals surface area (Å²) >= 11 is 0. The molecule has 2 fully saturated rings. The number of aryl methyl sites for hydroxylation is 1. The molecule has 2 aliphatic rings.